The van der Waals surface area contributed by atoms with Crippen molar-refractivity contribution in [1.29, 1.82) is 0 Å². The monoisotopic (exact) mass is 326 g/mol. The third-order valence-electron chi connectivity index (χ3n) is 4.65. The van der Waals surface area contributed by atoms with Crippen LogP contribution in [0.25, 0.3) is 10.9 Å². The number of aliphatic carboxylic acids is 1. The highest BCUT2D eigenvalue weighted by molar-refractivity contribution is 6.06. The number of rotatable bonds is 4. The first-order valence-electron chi connectivity index (χ1n) is 8.42. The Morgan fingerprint density at radius 1 is 1.33 bits per heavy atom. The molecule has 1 atom stereocenters. The lowest BCUT2D eigenvalue weighted by atomic mass is 9.92. The number of para-hydroxylation sites is 1. The Labute approximate surface area is 141 Å². The Morgan fingerprint density at radius 2 is 2.12 bits per heavy atom. The molecule has 2 aromatic rings. The Hall–Kier alpha value is -2.43. The molecule has 0 unspecified atom stereocenters. The van der Waals surface area contributed by atoms with Crippen LogP contribution in [0.3, 0.4) is 0 Å². The van der Waals surface area contributed by atoms with Gasteiger partial charge in [0.15, 0.2) is 0 Å². The average Bonchev–Trinajstić information content (AvgIpc) is 2.58. The highest BCUT2D eigenvalue weighted by Crippen LogP contribution is 2.25. The number of amides is 1. The molecule has 0 saturated carbocycles. The van der Waals surface area contributed by atoms with E-state index in [1.807, 2.05) is 42.2 Å². The molecule has 0 bridgehead atoms. The van der Waals surface area contributed by atoms with Crippen LogP contribution in [-0.4, -0.2) is 40.0 Å². The van der Waals surface area contributed by atoms with Crippen molar-refractivity contribution in [2.24, 2.45) is 5.92 Å². The van der Waals surface area contributed by atoms with Crippen LogP contribution in [0.15, 0.2) is 30.3 Å². The summed E-state index contributed by atoms with van der Waals surface area (Å²) in [4.78, 5) is 30.2. The van der Waals surface area contributed by atoms with Gasteiger partial charge in [0.25, 0.3) is 5.91 Å². The Morgan fingerprint density at radius 3 is 2.92 bits per heavy atom. The molecule has 0 radical (unpaired) electrons. The SMILES string of the molecule is Cc1cc(C(=O)N2CCC[C@H](CCC(=O)O)C2)c2ccccc2n1. The lowest BCUT2D eigenvalue weighted by molar-refractivity contribution is -0.137. The van der Waals surface area contributed by atoms with Crippen LogP contribution in [0.4, 0.5) is 0 Å². The van der Waals surface area contributed by atoms with Crippen molar-refractivity contribution in [2.75, 3.05) is 13.1 Å². The van der Waals surface area contributed by atoms with E-state index in [2.05, 4.69) is 4.98 Å². The number of carboxylic acids is 1. The van der Waals surface area contributed by atoms with Gasteiger partial charge < -0.3 is 10.0 Å². The summed E-state index contributed by atoms with van der Waals surface area (Å²) < 4.78 is 0. The molecular weight excluding hydrogens is 304 g/mol. The molecule has 126 valence electrons. The van der Waals surface area contributed by atoms with Crippen molar-refractivity contribution in [3.63, 3.8) is 0 Å². The first-order chi connectivity index (χ1) is 11.5. The van der Waals surface area contributed by atoms with E-state index in [1.165, 1.54) is 0 Å². The van der Waals surface area contributed by atoms with Crippen LogP contribution < -0.4 is 0 Å². The second-order valence-electron chi connectivity index (χ2n) is 6.52. The number of benzene rings is 1. The molecule has 1 fully saturated rings. The number of nitrogens with zero attached hydrogens (tertiary/aromatic N) is 2. The number of hydrogen-bond donors (Lipinski definition) is 1. The van der Waals surface area contributed by atoms with Crippen LogP contribution in [0.5, 0.6) is 0 Å². The smallest absolute Gasteiger partial charge is 0.303 e. The normalized spacial score (nSPS) is 17.9. The number of carbonyl (C=O) groups excluding carboxylic acids is 1. The fraction of sp³-hybridized carbons (Fsp3) is 0.421. The van der Waals surface area contributed by atoms with E-state index >= 15 is 0 Å². The van der Waals surface area contributed by atoms with Crippen LogP contribution in [0.1, 0.15) is 41.7 Å². The fourth-order valence-corrected chi connectivity index (χ4v) is 3.47. The Kier molecular flexibility index (Phi) is 4.79. The van der Waals surface area contributed by atoms with Crippen LogP contribution >= 0.6 is 0 Å². The number of carboxylic acid groups (broad SMARTS) is 1. The highest BCUT2D eigenvalue weighted by atomic mass is 16.4. The summed E-state index contributed by atoms with van der Waals surface area (Å²) in [6, 6.07) is 9.55. The maximum absolute atomic E-state index is 13.0. The summed E-state index contributed by atoms with van der Waals surface area (Å²) in [5, 5.41) is 9.73. The minimum Gasteiger partial charge on any atom is -0.481 e. The van der Waals surface area contributed by atoms with E-state index in [0.717, 1.165) is 36.0 Å². The molecule has 1 aromatic carbocycles. The Bertz CT molecular complexity index is 772. The van der Waals surface area contributed by atoms with Gasteiger partial charge in [-0.3, -0.25) is 14.6 Å². The summed E-state index contributed by atoms with van der Waals surface area (Å²) in [7, 11) is 0. The zero-order valence-corrected chi connectivity index (χ0v) is 13.9. The predicted octanol–water partition coefficient (Wildman–Crippen LogP) is 3.26. The number of fused-ring (bicyclic) bond motifs is 1. The van der Waals surface area contributed by atoms with Crippen molar-refractivity contribution in [3.05, 3.63) is 41.6 Å². The molecule has 0 spiro atoms. The van der Waals surface area contributed by atoms with Gasteiger partial charge in [0.05, 0.1) is 11.1 Å². The van der Waals surface area contributed by atoms with Gasteiger partial charge in [-0.2, -0.15) is 0 Å². The molecule has 5 nitrogen and oxygen atoms in total. The first-order valence-corrected chi connectivity index (χ1v) is 8.42. The van der Waals surface area contributed by atoms with Gasteiger partial charge in [0, 0.05) is 30.6 Å². The summed E-state index contributed by atoms with van der Waals surface area (Å²) in [5.41, 5.74) is 2.36. The average molecular weight is 326 g/mol. The standard InChI is InChI=1S/C19H22N2O3/c1-13-11-16(15-6-2-3-7-17(15)20-13)19(24)21-10-4-5-14(12-21)8-9-18(22)23/h2-3,6-7,11,14H,4-5,8-10,12H2,1H3,(H,22,23)/t14-/m1/s1. The van der Waals surface area contributed by atoms with Crippen molar-refractivity contribution in [3.8, 4) is 0 Å². The first kappa shape index (κ1) is 16.4. The molecule has 1 N–H and O–H groups in total. The van der Waals surface area contributed by atoms with Crippen LogP contribution in [0, 0.1) is 12.8 Å². The van der Waals surface area contributed by atoms with Gasteiger partial charge in [-0.25, -0.2) is 0 Å². The molecule has 1 amide bonds. The highest BCUT2D eigenvalue weighted by Gasteiger charge is 2.26. The molecule has 5 heteroatoms. The van der Waals surface area contributed by atoms with E-state index in [-0.39, 0.29) is 18.2 Å². The number of hydrogen-bond acceptors (Lipinski definition) is 3. The minimum absolute atomic E-state index is 0.0247. The van der Waals surface area contributed by atoms with E-state index in [4.69, 9.17) is 5.11 Å². The summed E-state index contributed by atoms with van der Waals surface area (Å²) >= 11 is 0. The van der Waals surface area contributed by atoms with E-state index < -0.39 is 5.97 Å². The summed E-state index contributed by atoms with van der Waals surface area (Å²) in [5.74, 6) is -0.473. The zero-order chi connectivity index (χ0) is 17.1. The second kappa shape index (κ2) is 6.99. The number of piperidine rings is 1. The Balaban J connectivity index is 1.82. The van der Waals surface area contributed by atoms with Gasteiger partial charge in [-0.1, -0.05) is 18.2 Å². The lowest BCUT2D eigenvalue weighted by Gasteiger charge is -2.33. The summed E-state index contributed by atoms with van der Waals surface area (Å²) in [6.07, 6.45) is 2.73. The number of likely N-dealkylation sites (tertiary alicyclic amines) is 1. The summed E-state index contributed by atoms with van der Waals surface area (Å²) in [6.45, 7) is 3.27. The molecule has 24 heavy (non-hydrogen) atoms. The number of aryl methyl sites for hydroxylation is 1. The van der Waals surface area contributed by atoms with Gasteiger partial charge in [0.2, 0.25) is 0 Å². The third-order valence-corrected chi connectivity index (χ3v) is 4.65. The molecule has 0 aliphatic carbocycles. The van der Waals surface area contributed by atoms with Gasteiger partial charge in [0.1, 0.15) is 0 Å². The second-order valence-corrected chi connectivity index (χ2v) is 6.52. The fourth-order valence-electron chi connectivity index (χ4n) is 3.47. The van der Waals surface area contributed by atoms with Crippen molar-refractivity contribution in [1.82, 2.24) is 9.88 Å². The third kappa shape index (κ3) is 3.55. The van der Waals surface area contributed by atoms with Gasteiger partial charge >= 0.3 is 5.97 Å². The zero-order valence-electron chi connectivity index (χ0n) is 13.9. The lowest BCUT2D eigenvalue weighted by Crippen LogP contribution is -2.40. The number of carbonyl (C=O) groups is 2. The molecule has 1 aromatic heterocycles. The molecule has 2 heterocycles. The molecular formula is C19H22N2O3. The maximum atomic E-state index is 13.0. The largest absolute Gasteiger partial charge is 0.481 e. The topological polar surface area (TPSA) is 70.5 Å². The van der Waals surface area contributed by atoms with E-state index in [1.54, 1.807) is 0 Å². The quantitative estimate of drug-likeness (QED) is 0.936. The maximum Gasteiger partial charge on any atom is 0.303 e. The van der Waals surface area contributed by atoms with Crippen molar-refractivity contribution >= 4 is 22.8 Å². The van der Waals surface area contributed by atoms with Crippen molar-refractivity contribution < 1.29 is 14.7 Å². The predicted molar refractivity (Wildman–Crippen MR) is 92.0 cm³/mol. The van der Waals surface area contributed by atoms with Gasteiger partial charge in [-0.15, -0.1) is 0 Å². The molecule has 1 saturated heterocycles. The van der Waals surface area contributed by atoms with E-state index in [0.29, 0.717) is 18.5 Å². The van der Waals surface area contributed by atoms with Crippen molar-refractivity contribution in [2.45, 2.75) is 32.6 Å². The molecule has 3 rings (SSSR count). The number of aromatic nitrogens is 1. The molecule has 1 aliphatic heterocycles. The molecule has 1 aliphatic rings. The minimum atomic E-state index is -0.769. The van der Waals surface area contributed by atoms with E-state index in [9.17, 15) is 9.59 Å². The van der Waals surface area contributed by atoms with Crippen LogP contribution in [0.2, 0.25) is 0 Å². The number of pyridine rings is 1. The van der Waals surface area contributed by atoms with Gasteiger partial charge in [-0.05, 0) is 44.2 Å². The van der Waals surface area contributed by atoms with Crippen LogP contribution in [-0.2, 0) is 4.79 Å².